The number of benzene rings is 2. The summed E-state index contributed by atoms with van der Waals surface area (Å²) in [5.74, 6) is -0.392. The van der Waals surface area contributed by atoms with Gasteiger partial charge in [0.2, 0.25) is 0 Å². The molecule has 0 atom stereocenters. The minimum absolute atomic E-state index is 0.228. The van der Waals surface area contributed by atoms with Crippen LogP contribution >= 0.6 is 11.6 Å². The molecular weight excluding hydrogens is 332 g/mol. The summed E-state index contributed by atoms with van der Waals surface area (Å²) in [4.78, 5) is 23.7. The molecule has 0 fully saturated rings. The van der Waals surface area contributed by atoms with Gasteiger partial charge in [0.05, 0.1) is 22.9 Å². The van der Waals surface area contributed by atoms with Gasteiger partial charge >= 0.3 is 5.97 Å². The third kappa shape index (κ3) is 4.89. The molecule has 0 spiro atoms. The van der Waals surface area contributed by atoms with Gasteiger partial charge in [0, 0.05) is 5.69 Å². The molecule has 7 heteroatoms. The Bertz CT molecular complexity index is 732. The fraction of sp³-hybridized carbons (Fsp3) is 0.176. The summed E-state index contributed by atoms with van der Waals surface area (Å²) in [6, 6.07) is 11.2. The number of halogens is 1. The predicted octanol–water partition coefficient (Wildman–Crippen LogP) is 3.12. The van der Waals surface area contributed by atoms with Crippen molar-refractivity contribution in [2.45, 2.75) is 6.92 Å². The highest BCUT2D eigenvalue weighted by molar-refractivity contribution is 6.33. The van der Waals surface area contributed by atoms with Crippen LogP contribution in [-0.2, 0) is 9.53 Å². The Labute approximate surface area is 144 Å². The fourth-order valence-corrected chi connectivity index (χ4v) is 2.00. The number of esters is 1. The van der Waals surface area contributed by atoms with Gasteiger partial charge in [0.25, 0.3) is 5.91 Å². The van der Waals surface area contributed by atoms with E-state index in [0.717, 1.165) is 0 Å². The Morgan fingerprint density at radius 1 is 1.17 bits per heavy atom. The van der Waals surface area contributed by atoms with Gasteiger partial charge in [-0.25, -0.2) is 4.79 Å². The average Bonchev–Trinajstić information content (AvgIpc) is 2.57. The lowest BCUT2D eigenvalue weighted by Crippen LogP contribution is -2.21. The van der Waals surface area contributed by atoms with Gasteiger partial charge in [-0.05, 0) is 49.4 Å². The van der Waals surface area contributed by atoms with Crippen LogP contribution in [0.4, 0.5) is 11.4 Å². The summed E-state index contributed by atoms with van der Waals surface area (Å²) in [5, 5.41) is 2.97. The van der Waals surface area contributed by atoms with Crippen LogP contribution in [0.15, 0.2) is 42.5 Å². The largest absolute Gasteiger partial charge is 0.494 e. The Kier molecular flexibility index (Phi) is 6.03. The highest BCUT2D eigenvalue weighted by Gasteiger charge is 2.11. The fourth-order valence-electron chi connectivity index (χ4n) is 1.88. The number of carbonyl (C=O) groups excluding carboxylic acids is 2. The first-order valence-electron chi connectivity index (χ1n) is 7.24. The molecule has 24 heavy (non-hydrogen) atoms. The third-order valence-electron chi connectivity index (χ3n) is 3.02. The number of hydrogen-bond acceptors (Lipinski definition) is 5. The molecule has 1 amide bonds. The van der Waals surface area contributed by atoms with Crippen LogP contribution in [0.25, 0.3) is 0 Å². The Balaban J connectivity index is 1.86. The second-order valence-electron chi connectivity index (χ2n) is 4.82. The standard InChI is InChI=1S/C17H17ClN2O4/c1-2-23-13-6-4-12(5-7-13)20-16(21)10-24-17(22)11-3-8-14(18)15(19)9-11/h3-9H,2,10,19H2,1H3,(H,20,21). The first kappa shape index (κ1) is 17.6. The summed E-state index contributed by atoms with van der Waals surface area (Å²) in [6.07, 6.45) is 0. The van der Waals surface area contributed by atoms with E-state index in [1.54, 1.807) is 24.3 Å². The van der Waals surface area contributed by atoms with E-state index < -0.39 is 18.5 Å². The SMILES string of the molecule is CCOc1ccc(NC(=O)COC(=O)c2ccc(Cl)c(N)c2)cc1. The van der Waals surface area contributed by atoms with Crippen LogP contribution in [0.3, 0.4) is 0 Å². The van der Waals surface area contributed by atoms with E-state index in [2.05, 4.69) is 5.32 Å². The van der Waals surface area contributed by atoms with Gasteiger partial charge in [-0.2, -0.15) is 0 Å². The van der Waals surface area contributed by atoms with E-state index in [9.17, 15) is 9.59 Å². The molecule has 6 nitrogen and oxygen atoms in total. The van der Waals surface area contributed by atoms with E-state index in [0.29, 0.717) is 23.1 Å². The molecule has 2 aromatic carbocycles. The van der Waals surface area contributed by atoms with Gasteiger partial charge < -0.3 is 20.5 Å². The van der Waals surface area contributed by atoms with Gasteiger partial charge in [-0.3, -0.25) is 4.79 Å². The Morgan fingerprint density at radius 3 is 2.50 bits per heavy atom. The molecule has 0 saturated heterocycles. The van der Waals surface area contributed by atoms with Gasteiger partial charge in [0.15, 0.2) is 6.61 Å². The molecule has 3 N–H and O–H groups in total. The number of ether oxygens (including phenoxy) is 2. The second kappa shape index (κ2) is 8.21. The number of anilines is 2. The number of rotatable bonds is 6. The van der Waals surface area contributed by atoms with E-state index in [1.165, 1.54) is 18.2 Å². The zero-order valence-electron chi connectivity index (χ0n) is 13.0. The van der Waals surface area contributed by atoms with Crippen molar-refractivity contribution in [3.05, 3.63) is 53.1 Å². The lowest BCUT2D eigenvalue weighted by Gasteiger charge is -2.08. The van der Waals surface area contributed by atoms with Gasteiger partial charge in [-0.15, -0.1) is 0 Å². The second-order valence-corrected chi connectivity index (χ2v) is 5.23. The van der Waals surface area contributed by atoms with Gasteiger partial charge in [-0.1, -0.05) is 11.6 Å². The Morgan fingerprint density at radius 2 is 1.88 bits per heavy atom. The number of carbonyl (C=O) groups is 2. The van der Waals surface area contributed by atoms with Crippen LogP contribution in [0.1, 0.15) is 17.3 Å². The smallest absolute Gasteiger partial charge is 0.338 e. The lowest BCUT2D eigenvalue weighted by atomic mass is 10.2. The maximum absolute atomic E-state index is 11.9. The van der Waals surface area contributed by atoms with Crippen molar-refractivity contribution in [3.8, 4) is 5.75 Å². The molecule has 0 heterocycles. The zero-order chi connectivity index (χ0) is 17.5. The Hall–Kier alpha value is -2.73. The highest BCUT2D eigenvalue weighted by atomic mass is 35.5. The molecule has 0 bridgehead atoms. The van der Waals surface area contributed by atoms with Gasteiger partial charge in [0.1, 0.15) is 5.75 Å². The average molecular weight is 349 g/mol. The number of hydrogen-bond donors (Lipinski definition) is 2. The number of amides is 1. The van der Waals surface area contributed by atoms with Crippen LogP contribution < -0.4 is 15.8 Å². The number of nitrogens with two attached hydrogens (primary N) is 1. The minimum Gasteiger partial charge on any atom is -0.494 e. The van der Waals surface area contributed by atoms with Crippen LogP contribution in [0.5, 0.6) is 5.75 Å². The molecule has 2 rings (SSSR count). The third-order valence-corrected chi connectivity index (χ3v) is 3.36. The minimum atomic E-state index is -0.653. The van der Waals surface area contributed by atoms with Crippen molar-refractivity contribution in [1.29, 1.82) is 0 Å². The maximum atomic E-state index is 11.9. The predicted molar refractivity (Wildman–Crippen MR) is 92.4 cm³/mol. The van der Waals surface area contributed by atoms with Crippen LogP contribution in [-0.4, -0.2) is 25.1 Å². The maximum Gasteiger partial charge on any atom is 0.338 e. The molecule has 0 aliphatic carbocycles. The first-order chi connectivity index (χ1) is 11.5. The molecular formula is C17H17ClN2O4. The van der Waals surface area contributed by atoms with Crippen molar-refractivity contribution in [1.82, 2.24) is 0 Å². The molecule has 0 aliphatic rings. The van der Waals surface area contributed by atoms with Crippen LogP contribution in [0.2, 0.25) is 5.02 Å². The molecule has 0 unspecified atom stereocenters. The van der Waals surface area contributed by atoms with E-state index >= 15 is 0 Å². The summed E-state index contributed by atoms with van der Waals surface area (Å²) in [5.41, 5.74) is 6.70. The molecule has 2 aromatic rings. The highest BCUT2D eigenvalue weighted by Crippen LogP contribution is 2.20. The van der Waals surface area contributed by atoms with E-state index in [4.69, 9.17) is 26.8 Å². The quantitative estimate of drug-likeness (QED) is 0.618. The molecule has 126 valence electrons. The molecule has 0 aromatic heterocycles. The normalized spacial score (nSPS) is 10.1. The summed E-state index contributed by atoms with van der Waals surface area (Å²) >= 11 is 5.78. The van der Waals surface area contributed by atoms with Crippen molar-refractivity contribution in [3.63, 3.8) is 0 Å². The monoisotopic (exact) mass is 348 g/mol. The van der Waals surface area contributed by atoms with Crippen molar-refractivity contribution in [2.24, 2.45) is 0 Å². The lowest BCUT2D eigenvalue weighted by molar-refractivity contribution is -0.119. The van der Waals surface area contributed by atoms with E-state index in [1.807, 2.05) is 6.92 Å². The number of nitrogen functional groups attached to an aromatic ring is 1. The summed E-state index contributed by atoms with van der Waals surface area (Å²) in [7, 11) is 0. The first-order valence-corrected chi connectivity index (χ1v) is 7.62. The molecule has 0 aliphatic heterocycles. The molecule has 0 radical (unpaired) electrons. The summed E-state index contributed by atoms with van der Waals surface area (Å²) in [6.45, 7) is 2.05. The van der Waals surface area contributed by atoms with Crippen LogP contribution in [0, 0.1) is 0 Å². The summed E-state index contributed by atoms with van der Waals surface area (Å²) < 4.78 is 10.3. The van der Waals surface area contributed by atoms with Crippen molar-refractivity contribution in [2.75, 3.05) is 24.3 Å². The molecule has 0 saturated carbocycles. The van der Waals surface area contributed by atoms with E-state index in [-0.39, 0.29) is 11.3 Å². The zero-order valence-corrected chi connectivity index (χ0v) is 13.8. The topological polar surface area (TPSA) is 90.6 Å². The van der Waals surface area contributed by atoms with Crippen molar-refractivity contribution < 1.29 is 19.1 Å². The number of nitrogens with one attached hydrogen (secondary N) is 1. The van der Waals surface area contributed by atoms with Crippen molar-refractivity contribution >= 4 is 34.9 Å².